The Morgan fingerprint density at radius 1 is 1.17 bits per heavy atom. The molecule has 0 spiro atoms. The minimum atomic E-state index is -0.481. The molecule has 2 saturated heterocycles. The molecule has 2 aliphatic heterocycles. The topological polar surface area (TPSA) is 98.0 Å². The SMILES string of the molecule is CCc1noc(CCC(=O)N2CCC[C@@](COc3cccc(Cl)c3)(CC(=O)N3CCOCC3)C2)n1. The van der Waals surface area contributed by atoms with Gasteiger partial charge in [-0.15, -0.1) is 0 Å². The summed E-state index contributed by atoms with van der Waals surface area (Å²) in [6.07, 6.45) is 3.31. The van der Waals surface area contributed by atoms with Crippen LogP contribution < -0.4 is 4.74 Å². The number of carbonyl (C=O) groups is 2. The van der Waals surface area contributed by atoms with E-state index in [4.69, 9.17) is 25.6 Å². The Balaban J connectivity index is 1.44. The number of amides is 2. The second-order valence-corrected chi connectivity index (χ2v) is 9.73. The molecular weight excluding hydrogens is 472 g/mol. The van der Waals surface area contributed by atoms with Crippen LogP contribution in [0.25, 0.3) is 0 Å². The smallest absolute Gasteiger partial charge is 0.227 e. The third-order valence-electron chi connectivity index (χ3n) is 6.62. The summed E-state index contributed by atoms with van der Waals surface area (Å²) in [6, 6.07) is 7.24. The molecule has 1 aromatic heterocycles. The van der Waals surface area contributed by atoms with E-state index in [9.17, 15) is 9.59 Å². The molecule has 0 radical (unpaired) electrons. The number of piperidine rings is 1. The monoisotopic (exact) mass is 504 g/mol. The number of benzene rings is 1. The highest BCUT2D eigenvalue weighted by Gasteiger charge is 2.41. The van der Waals surface area contributed by atoms with Crippen LogP contribution in [0.5, 0.6) is 5.75 Å². The van der Waals surface area contributed by atoms with Gasteiger partial charge in [-0.05, 0) is 31.0 Å². The predicted octanol–water partition coefficient (Wildman–Crippen LogP) is 3.15. The Morgan fingerprint density at radius 2 is 2.00 bits per heavy atom. The van der Waals surface area contributed by atoms with Crippen molar-refractivity contribution in [1.82, 2.24) is 19.9 Å². The molecule has 2 aromatic rings. The zero-order chi connectivity index (χ0) is 24.7. The van der Waals surface area contributed by atoms with Gasteiger partial charge in [-0.25, -0.2) is 0 Å². The minimum Gasteiger partial charge on any atom is -0.493 e. The highest BCUT2D eigenvalue weighted by atomic mass is 35.5. The first kappa shape index (κ1) is 25.4. The van der Waals surface area contributed by atoms with E-state index >= 15 is 0 Å². The summed E-state index contributed by atoms with van der Waals surface area (Å²) in [4.78, 5) is 34.3. The van der Waals surface area contributed by atoms with Gasteiger partial charge in [0.25, 0.3) is 0 Å². The molecule has 0 saturated carbocycles. The van der Waals surface area contributed by atoms with Crippen molar-refractivity contribution in [3.05, 3.63) is 41.0 Å². The van der Waals surface area contributed by atoms with Gasteiger partial charge in [0.2, 0.25) is 17.7 Å². The number of nitrogens with zero attached hydrogens (tertiary/aromatic N) is 4. The molecule has 10 heteroatoms. The van der Waals surface area contributed by atoms with E-state index < -0.39 is 5.41 Å². The summed E-state index contributed by atoms with van der Waals surface area (Å²) >= 11 is 6.12. The fourth-order valence-electron chi connectivity index (χ4n) is 4.68. The molecule has 2 amide bonds. The Kier molecular flexibility index (Phi) is 8.62. The quantitative estimate of drug-likeness (QED) is 0.517. The Labute approximate surface area is 210 Å². The van der Waals surface area contributed by atoms with Crippen LogP contribution in [0.4, 0.5) is 0 Å². The molecule has 9 nitrogen and oxygen atoms in total. The normalized spacial score (nSPS) is 20.6. The molecule has 1 atom stereocenters. The van der Waals surface area contributed by atoms with Crippen LogP contribution in [0.15, 0.2) is 28.8 Å². The van der Waals surface area contributed by atoms with E-state index in [1.54, 1.807) is 12.1 Å². The first-order valence-electron chi connectivity index (χ1n) is 12.3. The largest absolute Gasteiger partial charge is 0.493 e. The molecule has 0 aliphatic carbocycles. The van der Waals surface area contributed by atoms with E-state index in [-0.39, 0.29) is 18.2 Å². The first-order valence-corrected chi connectivity index (χ1v) is 12.7. The molecule has 0 unspecified atom stereocenters. The van der Waals surface area contributed by atoms with Gasteiger partial charge in [-0.1, -0.05) is 29.7 Å². The number of halogens is 1. The number of carbonyl (C=O) groups excluding carboxylic acids is 2. The van der Waals surface area contributed by atoms with Crippen LogP contribution in [-0.4, -0.2) is 77.8 Å². The van der Waals surface area contributed by atoms with Gasteiger partial charge in [0.15, 0.2) is 5.82 Å². The van der Waals surface area contributed by atoms with E-state index in [0.29, 0.717) is 87.7 Å². The Morgan fingerprint density at radius 3 is 2.74 bits per heavy atom. The van der Waals surface area contributed by atoms with Crippen molar-refractivity contribution in [1.29, 1.82) is 0 Å². The van der Waals surface area contributed by atoms with Gasteiger partial charge in [-0.2, -0.15) is 4.98 Å². The number of likely N-dealkylation sites (tertiary alicyclic amines) is 1. The van der Waals surface area contributed by atoms with E-state index in [1.165, 1.54) is 0 Å². The number of rotatable bonds is 9. The molecule has 0 bridgehead atoms. The second-order valence-electron chi connectivity index (χ2n) is 9.29. The van der Waals surface area contributed by atoms with Crippen LogP contribution in [0.1, 0.15) is 44.3 Å². The van der Waals surface area contributed by atoms with Crippen LogP contribution in [0.3, 0.4) is 0 Å². The molecule has 3 heterocycles. The van der Waals surface area contributed by atoms with Gasteiger partial charge in [0.1, 0.15) is 5.75 Å². The zero-order valence-electron chi connectivity index (χ0n) is 20.2. The maximum atomic E-state index is 13.2. The molecule has 190 valence electrons. The number of morpholine rings is 1. The average molecular weight is 505 g/mol. The fraction of sp³-hybridized carbons (Fsp3) is 0.600. The van der Waals surface area contributed by atoms with E-state index in [0.717, 1.165) is 12.8 Å². The number of aromatic nitrogens is 2. The molecule has 4 rings (SSSR count). The third kappa shape index (κ3) is 6.95. The highest BCUT2D eigenvalue weighted by molar-refractivity contribution is 6.30. The lowest BCUT2D eigenvalue weighted by molar-refractivity contribution is -0.143. The number of hydrogen-bond acceptors (Lipinski definition) is 7. The van der Waals surface area contributed by atoms with Crippen LogP contribution in [0, 0.1) is 5.41 Å². The summed E-state index contributed by atoms with van der Waals surface area (Å²) < 4.78 is 16.8. The van der Waals surface area contributed by atoms with Crippen molar-refractivity contribution >= 4 is 23.4 Å². The highest BCUT2D eigenvalue weighted by Crippen LogP contribution is 2.36. The van der Waals surface area contributed by atoms with Crippen LogP contribution in [0.2, 0.25) is 5.02 Å². The van der Waals surface area contributed by atoms with Crippen molar-refractivity contribution < 1.29 is 23.6 Å². The number of hydrogen-bond donors (Lipinski definition) is 0. The summed E-state index contributed by atoms with van der Waals surface area (Å²) in [5, 5.41) is 4.49. The predicted molar refractivity (Wildman–Crippen MR) is 129 cm³/mol. The molecule has 1 aromatic carbocycles. The third-order valence-corrected chi connectivity index (χ3v) is 6.86. The molecule has 2 fully saturated rings. The van der Waals surface area contributed by atoms with Crippen molar-refractivity contribution in [2.24, 2.45) is 5.41 Å². The van der Waals surface area contributed by atoms with Gasteiger partial charge in [-0.3, -0.25) is 9.59 Å². The standard InChI is InChI=1S/C25H33ClN4O5/c1-2-21-27-22(35-28-21)7-8-23(31)30-10-4-9-25(17-30,16-24(32)29-11-13-33-14-12-29)18-34-20-6-3-5-19(26)15-20/h3,5-6,15H,2,4,7-14,16-18H2,1H3/t25-/m1/s1. The molecular formula is C25H33ClN4O5. The Hall–Kier alpha value is -2.65. The lowest BCUT2D eigenvalue weighted by Gasteiger charge is -2.43. The molecule has 0 N–H and O–H groups in total. The van der Waals surface area contributed by atoms with Gasteiger partial charge in [0, 0.05) is 62.3 Å². The number of aryl methyl sites for hydroxylation is 2. The average Bonchev–Trinajstić information content (AvgIpc) is 3.35. The maximum Gasteiger partial charge on any atom is 0.227 e. The number of ether oxygens (including phenoxy) is 2. The lowest BCUT2D eigenvalue weighted by Crippen LogP contribution is -2.52. The van der Waals surface area contributed by atoms with Gasteiger partial charge >= 0.3 is 0 Å². The van der Waals surface area contributed by atoms with E-state index in [2.05, 4.69) is 10.1 Å². The van der Waals surface area contributed by atoms with Crippen molar-refractivity contribution in [3.63, 3.8) is 0 Å². The lowest BCUT2D eigenvalue weighted by atomic mass is 9.77. The summed E-state index contributed by atoms with van der Waals surface area (Å²) in [5.41, 5.74) is -0.481. The summed E-state index contributed by atoms with van der Waals surface area (Å²) in [6.45, 7) is 5.70. The molecule has 35 heavy (non-hydrogen) atoms. The Bertz CT molecular complexity index is 1010. The van der Waals surface area contributed by atoms with Crippen LogP contribution >= 0.6 is 11.6 Å². The van der Waals surface area contributed by atoms with Crippen LogP contribution in [-0.2, 0) is 27.2 Å². The maximum absolute atomic E-state index is 13.2. The zero-order valence-corrected chi connectivity index (χ0v) is 21.0. The summed E-state index contributed by atoms with van der Waals surface area (Å²) in [7, 11) is 0. The second kappa shape index (κ2) is 11.9. The summed E-state index contributed by atoms with van der Waals surface area (Å²) in [5.74, 6) is 1.87. The van der Waals surface area contributed by atoms with Gasteiger partial charge in [0.05, 0.1) is 19.8 Å². The molecule has 2 aliphatic rings. The fourth-order valence-corrected chi connectivity index (χ4v) is 4.86. The van der Waals surface area contributed by atoms with Gasteiger partial charge < -0.3 is 23.8 Å². The van der Waals surface area contributed by atoms with Crippen molar-refractivity contribution in [3.8, 4) is 5.75 Å². The first-order chi connectivity index (χ1) is 17.0. The van der Waals surface area contributed by atoms with Crippen molar-refractivity contribution in [2.75, 3.05) is 46.0 Å². The minimum absolute atomic E-state index is 0.0203. The van der Waals surface area contributed by atoms with E-state index in [1.807, 2.05) is 28.9 Å². The van der Waals surface area contributed by atoms with Crippen molar-refractivity contribution in [2.45, 2.75) is 45.4 Å².